The van der Waals surface area contributed by atoms with Crippen molar-refractivity contribution in [3.63, 3.8) is 0 Å². The van der Waals surface area contributed by atoms with E-state index in [0.29, 0.717) is 23.4 Å². The van der Waals surface area contributed by atoms with Gasteiger partial charge in [0.15, 0.2) is 0 Å². The van der Waals surface area contributed by atoms with Crippen molar-refractivity contribution in [1.82, 2.24) is 0 Å². The number of thiophene rings is 1. The van der Waals surface area contributed by atoms with Crippen molar-refractivity contribution in [2.24, 2.45) is 17.6 Å². The number of hydrogen-bond donors (Lipinski definition) is 3. The summed E-state index contributed by atoms with van der Waals surface area (Å²) >= 11 is 1.41. The number of aliphatic carboxylic acids is 1. The molecular formula is C20H26N2O4S. The van der Waals surface area contributed by atoms with Crippen molar-refractivity contribution in [2.45, 2.75) is 58.8 Å². The van der Waals surface area contributed by atoms with E-state index in [9.17, 15) is 19.5 Å². The number of carbonyl (C=O) groups is 3. The zero-order valence-electron chi connectivity index (χ0n) is 15.8. The molecule has 0 bridgehead atoms. The van der Waals surface area contributed by atoms with E-state index in [1.807, 2.05) is 13.8 Å². The molecule has 2 aliphatic rings. The van der Waals surface area contributed by atoms with Crippen LogP contribution in [0.5, 0.6) is 0 Å². The predicted octanol–water partition coefficient (Wildman–Crippen LogP) is 3.50. The van der Waals surface area contributed by atoms with Gasteiger partial charge in [-0.05, 0) is 57.9 Å². The Morgan fingerprint density at radius 1 is 1.04 bits per heavy atom. The van der Waals surface area contributed by atoms with E-state index in [0.717, 1.165) is 53.7 Å². The number of carbonyl (C=O) groups excluding carboxylic acids is 2. The van der Waals surface area contributed by atoms with Crippen LogP contribution in [0, 0.1) is 11.8 Å². The maximum atomic E-state index is 12.9. The van der Waals surface area contributed by atoms with Crippen LogP contribution in [0.25, 0.3) is 0 Å². The van der Waals surface area contributed by atoms with Gasteiger partial charge in [-0.25, -0.2) is 0 Å². The zero-order valence-corrected chi connectivity index (χ0v) is 16.6. The van der Waals surface area contributed by atoms with Crippen LogP contribution in [0.1, 0.15) is 66.8 Å². The summed E-state index contributed by atoms with van der Waals surface area (Å²) in [7, 11) is 0. The first kappa shape index (κ1) is 19.6. The van der Waals surface area contributed by atoms with Crippen LogP contribution in [0.15, 0.2) is 11.1 Å². The Hall–Kier alpha value is -2.15. The van der Waals surface area contributed by atoms with E-state index in [-0.39, 0.29) is 5.91 Å². The number of anilines is 1. The molecule has 0 radical (unpaired) electrons. The van der Waals surface area contributed by atoms with E-state index < -0.39 is 23.7 Å². The van der Waals surface area contributed by atoms with Gasteiger partial charge in [-0.1, -0.05) is 17.6 Å². The Balaban J connectivity index is 1.89. The molecule has 4 N–H and O–H groups in total. The molecular weight excluding hydrogens is 364 g/mol. The summed E-state index contributed by atoms with van der Waals surface area (Å²) in [5.74, 6) is -3.22. The lowest BCUT2D eigenvalue weighted by Crippen LogP contribution is -2.36. The number of amides is 2. The highest BCUT2D eigenvalue weighted by Gasteiger charge is 2.38. The number of carboxylic acids is 1. The number of aryl methyl sites for hydroxylation is 1. The van der Waals surface area contributed by atoms with Crippen LogP contribution in [0.4, 0.5) is 5.00 Å². The Morgan fingerprint density at radius 3 is 2.30 bits per heavy atom. The molecule has 27 heavy (non-hydrogen) atoms. The van der Waals surface area contributed by atoms with Crippen LogP contribution < -0.4 is 11.1 Å². The Morgan fingerprint density at radius 2 is 1.67 bits per heavy atom. The number of allylic oxidation sites excluding steroid dienone is 2. The Bertz CT molecular complexity index is 824. The molecule has 0 spiro atoms. The summed E-state index contributed by atoms with van der Waals surface area (Å²) in [5, 5.41) is 12.9. The monoisotopic (exact) mass is 390 g/mol. The smallest absolute Gasteiger partial charge is 0.307 e. The molecule has 0 fully saturated rings. The van der Waals surface area contributed by atoms with E-state index in [1.165, 1.54) is 11.3 Å². The lowest BCUT2D eigenvalue weighted by Gasteiger charge is -2.29. The molecule has 0 saturated heterocycles. The van der Waals surface area contributed by atoms with Crippen LogP contribution in [-0.2, 0) is 22.4 Å². The molecule has 0 saturated carbocycles. The van der Waals surface area contributed by atoms with Crippen LogP contribution in [-0.4, -0.2) is 22.9 Å². The molecule has 2 amide bonds. The van der Waals surface area contributed by atoms with Crippen molar-refractivity contribution in [2.75, 3.05) is 5.32 Å². The zero-order chi connectivity index (χ0) is 19.7. The first-order valence-electron chi connectivity index (χ1n) is 9.42. The average Bonchev–Trinajstić information content (AvgIpc) is 2.77. The topological polar surface area (TPSA) is 109 Å². The van der Waals surface area contributed by atoms with Gasteiger partial charge in [0.1, 0.15) is 5.00 Å². The summed E-state index contributed by atoms with van der Waals surface area (Å²) in [6, 6.07) is 0. The van der Waals surface area contributed by atoms with Crippen molar-refractivity contribution >= 4 is 34.1 Å². The highest BCUT2D eigenvalue weighted by atomic mass is 32.1. The quantitative estimate of drug-likeness (QED) is 0.540. The number of hydrogen-bond acceptors (Lipinski definition) is 4. The van der Waals surface area contributed by atoms with Gasteiger partial charge in [-0.15, -0.1) is 11.3 Å². The van der Waals surface area contributed by atoms with Crippen molar-refractivity contribution in [1.29, 1.82) is 0 Å². The Kier molecular flexibility index (Phi) is 5.69. The van der Waals surface area contributed by atoms with Gasteiger partial charge >= 0.3 is 5.97 Å². The minimum absolute atomic E-state index is 0.340. The fraction of sp³-hybridized carbons (Fsp3) is 0.550. The largest absolute Gasteiger partial charge is 0.481 e. The SMILES string of the molecule is CC1=C(C)C[C@@H](C(=O)Nc2sc3c(c2C(N)=O)CCCCC3)[C@H](C(=O)O)C1. The minimum atomic E-state index is -0.959. The van der Waals surface area contributed by atoms with Crippen LogP contribution in [0.2, 0.25) is 0 Å². The van der Waals surface area contributed by atoms with Gasteiger partial charge in [-0.2, -0.15) is 0 Å². The van der Waals surface area contributed by atoms with Crippen molar-refractivity contribution in [3.05, 3.63) is 27.2 Å². The second kappa shape index (κ2) is 7.84. The van der Waals surface area contributed by atoms with Gasteiger partial charge < -0.3 is 16.2 Å². The fourth-order valence-electron chi connectivity index (χ4n) is 4.12. The normalized spacial score (nSPS) is 22.7. The molecule has 2 atom stereocenters. The van der Waals surface area contributed by atoms with Crippen LogP contribution >= 0.6 is 11.3 Å². The second-order valence-electron chi connectivity index (χ2n) is 7.64. The van der Waals surface area contributed by atoms with Gasteiger partial charge in [-0.3, -0.25) is 14.4 Å². The maximum absolute atomic E-state index is 12.9. The van der Waals surface area contributed by atoms with Crippen molar-refractivity contribution < 1.29 is 19.5 Å². The number of primary amides is 1. The molecule has 146 valence electrons. The number of nitrogens with two attached hydrogens (primary N) is 1. The third-order valence-electron chi connectivity index (χ3n) is 5.82. The summed E-state index contributed by atoms with van der Waals surface area (Å²) < 4.78 is 0. The molecule has 2 aliphatic carbocycles. The highest BCUT2D eigenvalue weighted by molar-refractivity contribution is 7.17. The van der Waals surface area contributed by atoms with E-state index >= 15 is 0 Å². The van der Waals surface area contributed by atoms with Gasteiger partial charge in [0.05, 0.1) is 17.4 Å². The molecule has 3 rings (SSSR count). The lowest BCUT2D eigenvalue weighted by atomic mass is 9.76. The van der Waals surface area contributed by atoms with E-state index in [1.54, 1.807) is 0 Å². The van der Waals surface area contributed by atoms with Gasteiger partial charge in [0.25, 0.3) is 5.91 Å². The highest BCUT2D eigenvalue weighted by Crippen LogP contribution is 2.39. The molecule has 0 aromatic carbocycles. The third kappa shape index (κ3) is 3.93. The second-order valence-corrected chi connectivity index (χ2v) is 8.75. The molecule has 0 aliphatic heterocycles. The van der Waals surface area contributed by atoms with Gasteiger partial charge in [0.2, 0.25) is 5.91 Å². The maximum Gasteiger partial charge on any atom is 0.307 e. The van der Waals surface area contributed by atoms with Crippen LogP contribution in [0.3, 0.4) is 0 Å². The molecule has 1 aromatic heterocycles. The predicted molar refractivity (Wildman–Crippen MR) is 105 cm³/mol. The summed E-state index contributed by atoms with van der Waals surface area (Å²) in [4.78, 5) is 37.8. The number of rotatable bonds is 4. The summed E-state index contributed by atoms with van der Waals surface area (Å²) in [6.45, 7) is 3.86. The first-order chi connectivity index (χ1) is 12.8. The molecule has 6 nitrogen and oxygen atoms in total. The van der Waals surface area contributed by atoms with Gasteiger partial charge in [0, 0.05) is 4.88 Å². The third-order valence-corrected chi connectivity index (χ3v) is 7.03. The van der Waals surface area contributed by atoms with Crippen molar-refractivity contribution in [3.8, 4) is 0 Å². The van der Waals surface area contributed by atoms with E-state index in [2.05, 4.69) is 5.32 Å². The fourth-order valence-corrected chi connectivity index (χ4v) is 5.42. The standard InChI is InChI=1S/C20H26N2O4S/c1-10-8-13(14(20(25)26)9-11(10)2)18(24)22-19-16(17(21)23)12-6-4-3-5-7-15(12)27-19/h13-14H,3-9H2,1-2H3,(H2,21,23)(H,22,24)(H,25,26)/t13-,14-/m1/s1. The van der Waals surface area contributed by atoms with E-state index in [4.69, 9.17) is 5.73 Å². The first-order valence-corrected chi connectivity index (χ1v) is 10.2. The number of carboxylic acid groups (broad SMARTS) is 1. The number of fused-ring (bicyclic) bond motifs is 1. The molecule has 0 unspecified atom stereocenters. The Labute approximate surface area is 162 Å². The molecule has 1 heterocycles. The molecule has 7 heteroatoms. The average molecular weight is 391 g/mol. The lowest BCUT2D eigenvalue weighted by molar-refractivity contribution is -0.146. The number of nitrogens with one attached hydrogen (secondary N) is 1. The minimum Gasteiger partial charge on any atom is -0.481 e. The summed E-state index contributed by atoms with van der Waals surface area (Å²) in [5.41, 5.74) is 9.09. The molecule has 1 aromatic rings. The summed E-state index contributed by atoms with van der Waals surface area (Å²) in [6.07, 6.45) is 5.67.